The van der Waals surface area contributed by atoms with Crippen LogP contribution in [0.25, 0.3) is 0 Å². The lowest BCUT2D eigenvalue weighted by Gasteiger charge is -2.32. The van der Waals surface area contributed by atoms with E-state index >= 15 is 0 Å². The number of aliphatic imine (C=N–C) groups is 1. The molecule has 1 aliphatic rings. The van der Waals surface area contributed by atoms with Crippen LogP contribution in [0.4, 0.5) is 0 Å². The van der Waals surface area contributed by atoms with Gasteiger partial charge in [-0.3, -0.25) is 9.89 Å². The maximum atomic E-state index is 5.42. The lowest BCUT2D eigenvalue weighted by Crippen LogP contribution is -2.50. The Hall–Kier alpha value is -0.810. The highest BCUT2D eigenvalue weighted by Gasteiger charge is 2.24. The number of hydrogen-bond acceptors (Lipinski definition) is 3. The van der Waals surface area contributed by atoms with Crippen LogP contribution in [0.3, 0.4) is 0 Å². The Bertz CT molecular complexity index is 322. The molecule has 0 spiro atoms. The van der Waals surface area contributed by atoms with Gasteiger partial charge in [0.05, 0.1) is 5.60 Å². The van der Waals surface area contributed by atoms with Crippen molar-refractivity contribution in [3.63, 3.8) is 0 Å². The van der Waals surface area contributed by atoms with Gasteiger partial charge in [0, 0.05) is 33.3 Å². The number of nitrogens with zero attached hydrogens (tertiary/aromatic N) is 2. The summed E-state index contributed by atoms with van der Waals surface area (Å²) in [6.07, 6.45) is 2.66. The second kappa shape index (κ2) is 8.59. The molecule has 0 saturated carbocycles. The van der Waals surface area contributed by atoms with Crippen LogP contribution in [-0.4, -0.2) is 62.8 Å². The largest absolute Gasteiger partial charge is 0.377 e. The number of nitrogens with one attached hydrogen (secondary N) is 2. The fourth-order valence-electron chi connectivity index (χ4n) is 2.65. The molecule has 21 heavy (non-hydrogen) atoms. The number of guanidine groups is 1. The summed E-state index contributed by atoms with van der Waals surface area (Å²) in [6, 6.07) is 0.571. The molecule has 0 radical (unpaired) electrons. The molecular formula is C16H34N4O. The maximum Gasteiger partial charge on any atom is 0.191 e. The number of hydrogen-bond donors (Lipinski definition) is 2. The summed E-state index contributed by atoms with van der Waals surface area (Å²) < 4.78 is 5.42. The van der Waals surface area contributed by atoms with E-state index in [0.29, 0.717) is 12.0 Å². The summed E-state index contributed by atoms with van der Waals surface area (Å²) in [5, 5.41) is 6.81. The van der Waals surface area contributed by atoms with E-state index < -0.39 is 0 Å². The van der Waals surface area contributed by atoms with E-state index in [9.17, 15) is 0 Å². The first-order valence-corrected chi connectivity index (χ1v) is 8.13. The molecule has 5 nitrogen and oxygen atoms in total. The topological polar surface area (TPSA) is 48.9 Å². The zero-order valence-electron chi connectivity index (χ0n) is 14.7. The van der Waals surface area contributed by atoms with Gasteiger partial charge in [-0.1, -0.05) is 13.8 Å². The number of rotatable bonds is 7. The summed E-state index contributed by atoms with van der Waals surface area (Å²) in [4.78, 5) is 6.90. The predicted octanol–water partition coefficient (Wildman–Crippen LogP) is 1.70. The van der Waals surface area contributed by atoms with Crippen LogP contribution in [-0.2, 0) is 4.74 Å². The summed E-state index contributed by atoms with van der Waals surface area (Å²) in [7, 11) is 3.55. The van der Waals surface area contributed by atoms with E-state index in [2.05, 4.69) is 48.2 Å². The summed E-state index contributed by atoms with van der Waals surface area (Å²) in [5.41, 5.74) is -0.190. The number of ether oxygens (including phenoxy) is 1. The van der Waals surface area contributed by atoms with Gasteiger partial charge in [0.15, 0.2) is 5.96 Å². The molecule has 1 aliphatic heterocycles. The third-order valence-corrected chi connectivity index (χ3v) is 4.32. The van der Waals surface area contributed by atoms with Crippen LogP contribution >= 0.6 is 0 Å². The van der Waals surface area contributed by atoms with Crippen molar-refractivity contribution in [2.75, 3.05) is 40.3 Å². The molecule has 0 aromatic carbocycles. The SMILES string of the molecule is CN=C(NCC(C(C)C)N1CCCC1)NCC(C)(C)OC. The van der Waals surface area contributed by atoms with Gasteiger partial charge in [-0.15, -0.1) is 0 Å². The predicted molar refractivity (Wildman–Crippen MR) is 89.9 cm³/mol. The van der Waals surface area contributed by atoms with Crippen LogP contribution in [0.2, 0.25) is 0 Å². The Morgan fingerprint density at radius 2 is 1.86 bits per heavy atom. The minimum Gasteiger partial charge on any atom is -0.377 e. The van der Waals surface area contributed by atoms with Gasteiger partial charge in [0.2, 0.25) is 0 Å². The molecule has 1 atom stereocenters. The van der Waals surface area contributed by atoms with Crippen LogP contribution in [0, 0.1) is 5.92 Å². The maximum absolute atomic E-state index is 5.42. The molecule has 1 rings (SSSR count). The fraction of sp³-hybridized carbons (Fsp3) is 0.938. The van der Waals surface area contributed by atoms with Crippen molar-refractivity contribution in [1.82, 2.24) is 15.5 Å². The molecule has 1 fully saturated rings. The lowest BCUT2D eigenvalue weighted by atomic mass is 10.0. The van der Waals surface area contributed by atoms with Crippen molar-refractivity contribution in [1.29, 1.82) is 0 Å². The van der Waals surface area contributed by atoms with Gasteiger partial charge >= 0.3 is 0 Å². The quantitative estimate of drug-likeness (QED) is 0.555. The summed E-state index contributed by atoms with van der Waals surface area (Å²) in [6.45, 7) is 12.9. The molecule has 1 heterocycles. The second-order valence-corrected chi connectivity index (χ2v) is 6.82. The second-order valence-electron chi connectivity index (χ2n) is 6.82. The van der Waals surface area contributed by atoms with E-state index in [4.69, 9.17) is 4.74 Å². The molecular weight excluding hydrogens is 264 g/mol. The lowest BCUT2D eigenvalue weighted by molar-refractivity contribution is 0.0268. The van der Waals surface area contributed by atoms with E-state index in [0.717, 1.165) is 19.0 Å². The number of methoxy groups -OCH3 is 1. The Labute approximate surface area is 130 Å². The van der Waals surface area contributed by atoms with E-state index in [1.165, 1.54) is 25.9 Å². The Kier molecular flexibility index (Phi) is 7.46. The smallest absolute Gasteiger partial charge is 0.191 e. The number of likely N-dealkylation sites (tertiary alicyclic amines) is 1. The standard InChI is InChI=1S/C16H34N4O/c1-13(2)14(20-9-7-8-10-20)11-18-15(17-5)19-12-16(3,4)21-6/h13-14H,7-12H2,1-6H3,(H2,17,18,19). The molecule has 1 unspecified atom stereocenters. The minimum atomic E-state index is -0.190. The minimum absolute atomic E-state index is 0.190. The third kappa shape index (κ3) is 6.22. The first kappa shape index (κ1) is 18.2. The van der Waals surface area contributed by atoms with Crippen molar-refractivity contribution < 1.29 is 4.74 Å². The first-order valence-electron chi connectivity index (χ1n) is 8.13. The van der Waals surface area contributed by atoms with Gasteiger partial charge in [-0.05, 0) is 45.7 Å². The van der Waals surface area contributed by atoms with E-state index in [1.807, 2.05) is 7.05 Å². The van der Waals surface area contributed by atoms with Crippen molar-refractivity contribution in [3.8, 4) is 0 Å². The Morgan fingerprint density at radius 1 is 1.24 bits per heavy atom. The molecule has 2 N–H and O–H groups in total. The normalized spacial score (nSPS) is 19.1. The Balaban J connectivity index is 2.45. The first-order chi connectivity index (χ1) is 9.89. The van der Waals surface area contributed by atoms with Crippen molar-refractivity contribution in [3.05, 3.63) is 0 Å². The van der Waals surface area contributed by atoms with Crippen LogP contribution in [0.15, 0.2) is 4.99 Å². The average molecular weight is 298 g/mol. The zero-order valence-corrected chi connectivity index (χ0v) is 14.7. The van der Waals surface area contributed by atoms with Gasteiger partial charge in [-0.2, -0.15) is 0 Å². The molecule has 5 heteroatoms. The van der Waals surface area contributed by atoms with Crippen molar-refractivity contribution >= 4 is 5.96 Å². The van der Waals surface area contributed by atoms with E-state index in [1.54, 1.807) is 7.11 Å². The van der Waals surface area contributed by atoms with Gasteiger partial charge in [0.1, 0.15) is 0 Å². The summed E-state index contributed by atoms with van der Waals surface area (Å²) >= 11 is 0. The summed E-state index contributed by atoms with van der Waals surface area (Å²) in [5.74, 6) is 1.49. The highest BCUT2D eigenvalue weighted by molar-refractivity contribution is 5.79. The highest BCUT2D eigenvalue weighted by atomic mass is 16.5. The molecule has 124 valence electrons. The van der Waals surface area contributed by atoms with Gasteiger partial charge < -0.3 is 15.4 Å². The van der Waals surface area contributed by atoms with Crippen molar-refractivity contribution in [2.45, 2.75) is 52.2 Å². The molecule has 0 aromatic heterocycles. The fourth-order valence-corrected chi connectivity index (χ4v) is 2.65. The molecule has 0 aromatic rings. The van der Waals surface area contributed by atoms with Crippen LogP contribution in [0.5, 0.6) is 0 Å². The van der Waals surface area contributed by atoms with Crippen molar-refractivity contribution in [2.24, 2.45) is 10.9 Å². The van der Waals surface area contributed by atoms with Crippen LogP contribution < -0.4 is 10.6 Å². The van der Waals surface area contributed by atoms with E-state index in [-0.39, 0.29) is 5.60 Å². The van der Waals surface area contributed by atoms with Gasteiger partial charge in [0.25, 0.3) is 0 Å². The Morgan fingerprint density at radius 3 is 2.33 bits per heavy atom. The average Bonchev–Trinajstić information content (AvgIpc) is 2.96. The monoisotopic (exact) mass is 298 g/mol. The molecule has 0 amide bonds. The molecule has 0 bridgehead atoms. The van der Waals surface area contributed by atoms with Gasteiger partial charge in [-0.25, -0.2) is 0 Å². The zero-order chi connectivity index (χ0) is 15.9. The molecule has 0 aliphatic carbocycles. The molecule has 1 saturated heterocycles. The highest BCUT2D eigenvalue weighted by Crippen LogP contribution is 2.17. The third-order valence-electron chi connectivity index (χ3n) is 4.32. The van der Waals surface area contributed by atoms with Crippen LogP contribution in [0.1, 0.15) is 40.5 Å².